The molecule has 2 atom stereocenters. The Morgan fingerprint density at radius 3 is 2.29 bits per heavy atom. The minimum absolute atomic E-state index is 0.00744. The van der Waals surface area contributed by atoms with Crippen molar-refractivity contribution >= 4 is 11.7 Å². The molecule has 0 aliphatic heterocycles. The summed E-state index contributed by atoms with van der Waals surface area (Å²) in [5.74, 6) is 2.24. The summed E-state index contributed by atoms with van der Waals surface area (Å²) >= 11 is 0. The second-order valence-electron chi connectivity index (χ2n) is 11.1. The molecule has 206 valence electrons. The molecule has 6 heteroatoms. The number of carbonyl (C=O) groups is 2. The van der Waals surface area contributed by atoms with Crippen molar-refractivity contribution in [3.63, 3.8) is 0 Å². The van der Waals surface area contributed by atoms with Crippen LogP contribution in [0.3, 0.4) is 0 Å². The first-order valence-corrected chi connectivity index (χ1v) is 13.9. The van der Waals surface area contributed by atoms with E-state index < -0.39 is 5.41 Å². The summed E-state index contributed by atoms with van der Waals surface area (Å²) in [5.41, 5.74) is 3.74. The first kappa shape index (κ1) is 28.2. The van der Waals surface area contributed by atoms with Gasteiger partial charge in [-0.15, -0.1) is 0 Å². The van der Waals surface area contributed by atoms with Crippen LogP contribution in [0.15, 0.2) is 36.4 Å². The summed E-state index contributed by atoms with van der Waals surface area (Å²) in [6.45, 7) is 8.60. The van der Waals surface area contributed by atoms with Gasteiger partial charge in [-0.1, -0.05) is 36.8 Å². The number of ether oxygens (including phenoxy) is 3. The minimum Gasteiger partial charge on any atom is -0.496 e. The van der Waals surface area contributed by atoms with Gasteiger partial charge in [0.1, 0.15) is 17.3 Å². The Hall–Kier alpha value is -2.86. The number of rotatable bonds is 13. The Morgan fingerprint density at radius 2 is 1.76 bits per heavy atom. The van der Waals surface area contributed by atoms with Gasteiger partial charge in [0.15, 0.2) is 0 Å². The van der Waals surface area contributed by atoms with Gasteiger partial charge in [-0.05, 0) is 82.1 Å². The summed E-state index contributed by atoms with van der Waals surface area (Å²) in [6, 6.07) is 11.9. The normalized spacial score (nSPS) is 17.7. The van der Waals surface area contributed by atoms with Crippen LogP contribution in [0.2, 0.25) is 0 Å². The van der Waals surface area contributed by atoms with E-state index in [1.807, 2.05) is 42.2 Å². The SMILES string of the molecule is COc1cc(C(C)N(CCOC(C)c2ccccc2)C(=O)CC2(C(C)=O)CCC2)c(C)c(OC)c1C1CC1. The van der Waals surface area contributed by atoms with E-state index in [1.165, 1.54) is 0 Å². The van der Waals surface area contributed by atoms with Crippen molar-refractivity contribution in [2.45, 2.75) is 84.3 Å². The highest BCUT2D eigenvalue weighted by atomic mass is 16.5. The van der Waals surface area contributed by atoms with E-state index >= 15 is 0 Å². The molecule has 4 rings (SSSR count). The van der Waals surface area contributed by atoms with E-state index in [1.54, 1.807) is 21.1 Å². The first-order valence-electron chi connectivity index (χ1n) is 13.9. The smallest absolute Gasteiger partial charge is 0.224 e. The fourth-order valence-electron chi connectivity index (χ4n) is 5.89. The van der Waals surface area contributed by atoms with Crippen LogP contribution in [0, 0.1) is 12.3 Å². The Kier molecular flexibility index (Phi) is 8.81. The molecule has 0 saturated heterocycles. The molecule has 0 N–H and O–H groups in total. The maximum atomic E-state index is 13.9. The molecule has 0 aromatic heterocycles. The zero-order chi connectivity index (χ0) is 27.4. The van der Waals surface area contributed by atoms with Crippen molar-refractivity contribution in [3.05, 3.63) is 58.7 Å². The third kappa shape index (κ3) is 5.75. The highest BCUT2D eigenvalue weighted by Gasteiger charge is 2.44. The molecular weight excluding hydrogens is 478 g/mol. The Balaban J connectivity index is 1.61. The van der Waals surface area contributed by atoms with Crippen LogP contribution >= 0.6 is 0 Å². The summed E-state index contributed by atoms with van der Waals surface area (Å²) < 4.78 is 17.9. The number of benzene rings is 2. The van der Waals surface area contributed by atoms with Crippen molar-refractivity contribution in [1.29, 1.82) is 0 Å². The zero-order valence-corrected chi connectivity index (χ0v) is 23.8. The lowest BCUT2D eigenvalue weighted by atomic mass is 9.64. The molecule has 2 unspecified atom stereocenters. The van der Waals surface area contributed by atoms with Crippen LogP contribution in [0.4, 0.5) is 0 Å². The third-order valence-corrected chi connectivity index (χ3v) is 8.73. The topological polar surface area (TPSA) is 65.1 Å². The molecule has 2 aromatic rings. The first-order chi connectivity index (χ1) is 18.2. The number of methoxy groups -OCH3 is 2. The summed E-state index contributed by atoms with van der Waals surface area (Å²) in [7, 11) is 3.40. The molecular formula is C32H43NO5. The van der Waals surface area contributed by atoms with E-state index in [2.05, 4.69) is 19.9 Å². The van der Waals surface area contributed by atoms with Crippen molar-refractivity contribution in [3.8, 4) is 11.5 Å². The van der Waals surface area contributed by atoms with Gasteiger partial charge in [0, 0.05) is 23.9 Å². The molecule has 0 radical (unpaired) electrons. The molecule has 2 aromatic carbocycles. The molecule has 0 spiro atoms. The second-order valence-corrected chi connectivity index (χ2v) is 11.1. The largest absolute Gasteiger partial charge is 0.496 e. The van der Waals surface area contributed by atoms with Crippen molar-refractivity contribution in [2.24, 2.45) is 5.41 Å². The van der Waals surface area contributed by atoms with Gasteiger partial charge in [-0.2, -0.15) is 0 Å². The van der Waals surface area contributed by atoms with Gasteiger partial charge in [-0.3, -0.25) is 9.59 Å². The minimum atomic E-state index is -0.520. The maximum Gasteiger partial charge on any atom is 0.224 e. The van der Waals surface area contributed by atoms with E-state index in [4.69, 9.17) is 14.2 Å². The number of amides is 1. The van der Waals surface area contributed by atoms with E-state index in [-0.39, 0.29) is 30.3 Å². The molecule has 1 amide bonds. The number of nitrogens with zero attached hydrogens (tertiary/aromatic N) is 1. The van der Waals surface area contributed by atoms with Crippen molar-refractivity contribution in [1.82, 2.24) is 4.90 Å². The molecule has 2 aliphatic rings. The standard InChI is InChI=1S/C32H43NO5/c1-21-27(19-28(36-5)30(26-13-14-26)31(21)37-6)22(2)33(29(35)20-32(24(4)34)15-10-16-32)17-18-38-23(3)25-11-8-7-9-12-25/h7-9,11-12,19,22-23,26H,10,13-18,20H2,1-6H3. The number of Topliss-reactive ketones (excluding diaryl/α,β-unsaturated/α-hetero) is 1. The highest BCUT2D eigenvalue weighted by Crippen LogP contribution is 2.51. The molecule has 0 heterocycles. The zero-order valence-electron chi connectivity index (χ0n) is 23.8. The van der Waals surface area contributed by atoms with E-state index in [0.29, 0.717) is 19.1 Å². The Labute approximate surface area is 227 Å². The molecule has 2 saturated carbocycles. The van der Waals surface area contributed by atoms with Crippen LogP contribution in [0.1, 0.15) is 99.6 Å². The lowest BCUT2D eigenvalue weighted by molar-refractivity contribution is -0.145. The van der Waals surface area contributed by atoms with E-state index in [0.717, 1.165) is 65.9 Å². The monoisotopic (exact) mass is 521 g/mol. The van der Waals surface area contributed by atoms with Gasteiger partial charge in [0.2, 0.25) is 5.91 Å². The molecule has 0 bridgehead atoms. The number of hydrogen-bond donors (Lipinski definition) is 0. The fourth-order valence-corrected chi connectivity index (χ4v) is 5.89. The lowest BCUT2D eigenvalue weighted by Crippen LogP contribution is -2.44. The fraction of sp³-hybridized carbons (Fsp3) is 0.562. The van der Waals surface area contributed by atoms with Crippen LogP contribution in [0.5, 0.6) is 11.5 Å². The summed E-state index contributed by atoms with van der Waals surface area (Å²) in [5, 5.41) is 0. The highest BCUT2D eigenvalue weighted by molar-refractivity contribution is 5.89. The molecule has 38 heavy (non-hydrogen) atoms. The Bertz CT molecular complexity index is 1140. The summed E-state index contributed by atoms with van der Waals surface area (Å²) in [4.78, 5) is 28.3. The second kappa shape index (κ2) is 11.9. The third-order valence-electron chi connectivity index (χ3n) is 8.73. The van der Waals surface area contributed by atoms with Crippen LogP contribution in [0.25, 0.3) is 0 Å². The molecule has 6 nitrogen and oxygen atoms in total. The number of ketones is 1. The van der Waals surface area contributed by atoms with Gasteiger partial charge in [-0.25, -0.2) is 0 Å². The lowest BCUT2D eigenvalue weighted by Gasteiger charge is -2.41. The van der Waals surface area contributed by atoms with Crippen molar-refractivity contribution < 1.29 is 23.8 Å². The van der Waals surface area contributed by atoms with E-state index in [9.17, 15) is 9.59 Å². The Morgan fingerprint density at radius 1 is 1.08 bits per heavy atom. The van der Waals surface area contributed by atoms with Gasteiger partial charge in [0.05, 0.1) is 33.0 Å². The maximum absolute atomic E-state index is 13.9. The predicted octanol–water partition coefficient (Wildman–Crippen LogP) is 6.71. The van der Waals surface area contributed by atoms with Crippen molar-refractivity contribution in [2.75, 3.05) is 27.4 Å². The predicted molar refractivity (Wildman–Crippen MR) is 149 cm³/mol. The van der Waals surface area contributed by atoms with Crippen LogP contribution < -0.4 is 9.47 Å². The van der Waals surface area contributed by atoms with Gasteiger partial charge < -0.3 is 19.1 Å². The quantitative estimate of drug-likeness (QED) is 0.293. The average molecular weight is 522 g/mol. The van der Waals surface area contributed by atoms with Gasteiger partial charge in [0.25, 0.3) is 0 Å². The van der Waals surface area contributed by atoms with Crippen LogP contribution in [-0.2, 0) is 14.3 Å². The number of hydrogen-bond acceptors (Lipinski definition) is 5. The number of carbonyl (C=O) groups excluding carboxylic acids is 2. The van der Waals surface area contributed by atoms with Gasteiger partial charge >= 0.3 is 0 Å². The summed E-state index contributed by atoms with van der Waals surface area (Å²) in [6.07, 6.45) is 5.00. The molecule has 2 aliphatic carbocycles. The van der Waals surface area contributed by atoms with Crippen LogP contribution in [-0.4, -0.2) is 44.0 Å². The molecule has 2 fully saturated rings. The average Bonchev–Trinajstić information content (AvgIpc) is 3.73.